The molecule has 1 aromatic carbocycles. The predicted molar refractivity (Wildman–Crippen MR) is 129 cm³/mol. The first-order valence-corrected chi connectivity index (χ1v) is 11.3. The molecule has 0 saturated heterocycles. The number of benzene rings is 1. The van der Waals surface area contributed by atoms with Crippen LogP contribution in [0, 0.1) is 12.3 Å². The van der Waals surface area contributed by atoms with E-state index in [1.54, 1.807) is 11.3 Å². The summed E-state index contributed by atoms with van der Waals surface area (Å²) < 4.78 is 0. The Hall–Kier alpha value is -2.99. The summed E-state index contributed by atoms with van der Waals surface area (Å²) in [6, 6.07) is 9.54. The van der Waals surface area contributed by atoms with E-state index in [-0.39, 0.29) is 11.8 Å². The molecule has 0 spiro atoms. The van der Waals surface area contributed by atoms with Gasteiger partial charge in [-0.25, -0.2) is 9.97 Å². The monoisotopic (exact) mass is 435 g/mol. The van der Waals surface area contributed by atoms with Gasteiger partial charge >= 0.3 is 5.97 Å². The van der Waals surface area contributed by atoms with E-state index in [4.69, 9.17) is 15.1 Å². The topological polar surface area (TPSA) is 75.1 Å². The number of nitrogens with one attached hydrogen (secondary N) is 1. The minimum atomic E-state index is -0.835. The van der Waals surface area contributed by atoms with E-state index in [1.165, 1.54) is 0 Å². The van der Waals surface area contributed by atoms with Crippen molar-refractivity contribution in [2.24, 2.45) is 5.41 Å². The summed E-state index contributed by atoms with van der Waals surface area (Å²) in [5.41, 5.74) is 4.95. The van der Waals surface area contributed by atoms with Crippen molar-refractivity contribution in [1.29, 1.82) is 0 Å². The zero-order chi connectivity index (χ0) is 22.6. The Balaban J connectivity index is 1.89. The number of hydrogen-bond acceptors (Lipinski definition) is 5. The van der Waals surface area contributed by atoms with Crippen LogP contribution in [0.5, 0.6) is 0 Å². The van der Waals surface area contributed by atoms with Crippen LogP contribution >= 0.6 is 11.3 Å². The van der Waals surface area contributed by atoms with Crippen LogP contribution in [-0.2, 0) is 17.6 Å². The third-order valence-corrected chi connectivity index (χ3v) is 5.70. The highest BCUT2D eigenvalue weighted by molar-refractivity contribution is 7.13. The number of carboxylic acid groups (broad SMARTS) is 1. The molecule has 2 N–H and O–H groups in total. The number of hydrogen-bond donors (Lipinski definition) is 2. The summed E-state index contributed by atoms with van der Waals surface area (Å²) in [6.45, 7) is 10.6. The average Bonchev–Trinajstić information content (AvgIpc) is 3.16. The second-order valence-corrected chi connectivity index (χ2v) is 9.56. The van der Waals surface area contributed by atoms with E-state index < -0.39 is 5.97 Å². The molecular formula is C25H29N3O2S. The van der Waals surface area contributed by atoms with Crippen molar-refractivity contribution in [2.75, 3.05) is 5.32 Å². The first-order chi connectivity index (χ1) is 14.6. The summed E-state index contributed by atoms with van der Waals surface area (Å²) >= 11 is 1.64. The van der Waals surface area contributed by atoms with Gasteiger partial charge in [0.05, 0.1) is 11.3 Å². The third-order valence-electron chi connectivity index (χ3n) is 4.76. The van der Waals surface area contributed by atoms with Crippen LogP contribution in [0.15, 0.2) is 41.8 Å². The Morgan fingerprint density at radius 3 is 2.52 bits per heavy atom. The van der Waals surface area contributed by atoms with Crippen molar-refractivity contribution in [3.05, 3.63) is 64.2 Å². The molecule has 0 unspecified atom stereocenters. The molecule has 0 amide bonds. The third kappa shape index (κ3) is 6.25. The van der Waals surface area contributed by atoms with Crippen LogP contribution in [0.25, 0.3) is 16.8 Å². The Kier molecular flexibility index (Phi) is 6.91. The maximum Gasteiger partial charge on any atom is 0.307 e. The molecule has 0 fully saturated rings. The van der Waals surface area contributed by atoms with Crippen molar-refractivity contribution < 1.29 is 9.90 Å². The zero-order valence-electron chi connectivity index (χ0n) is 18.7. The first-order valence-electron chi connectivity index (χ1n) is 10.4. The number of anilines is 2. The number of aromatic nitrogens is 2. The summed E-state index contributed by atoms with van der Waals surface area (Å²) in [4.78, 5) is 21.5. The number of carboxylic acids is 1. The van der Waals surface area contributed by atoms with Gasteiger partial charge in [-0.3, -0.25) is 4.79 Å². The van der Waals surface area contributed by atoms with Crippen LogP contribution in [-0.4, -0.2) is 21.0 Å². The Labute approximate surface area is 187 Å². The van der Waals surface area contributed by atoms with Gasteiger partial charge in [-0.1, -0.05) is 52.0 Å². The van der Waals surface area contributed by atoms with E-state index in [9.17, 15) is 4.79 Å². The van der Waals surface area contributed by atoms with Gasteiger partial charge in [0.2, 0.25) is 0 Å². The second kappa shape index (κ2) is 9.43. The molecule has 0 atom stereocenters. The summed E-state index contributed by atoms with van der Waals surface area (Å²) in [7, 11) is 0. The summed E-state index contributed by atoms with van der Waals surface area (Å²) in [5, 5.41) is 14.5. The number of allylic oxidation sites excluding steroid dienone is 1. The minimum absolute atomic E-state index is 0.0155. The second-order valence-electron chi connectivity index (χ2n) is 8.65. The first kappa shape index (κ1) is 22.7. The van der Waals surface area contributed by atoms with Crippen LogP contribution < -0.4 is 5.32 Å². The fraction of sp³-hybridized carbons (Fsp3) is 0.320. The van der Waals surface area contributed by atoms with Crippen molar-refractivity contribution in [2.45, 2.75) is 47.5 Å². The van der Waals surface area contributed by atoms with Crippen molar-refractivity contribution in [3.63, 3.8) is 0 Å². The molecule has 0 aliphatic carbocycles. The number of aliphatic carboxylic acids is 1. The van der Waals surface area contributed by atoms with Gasteiger partial charge in [-0.05, 0) is 53.5 Å². The molecule has 162 valence electrons. The molecular weight excluding hydrogens is 406 g/mol. The Bertz CT molecular complexity index is 1090. The van der Waals surface area contributed by atoms with Gasteiger partial charge in [0.15, 0.2) is 5.82 Å². The van der Waals surface area contributed by atoms with Crippen LogP contribution in [0.1, 0.15) is 50.1 Å². The number of carbonyl (C=O) groups is 1. The lowest BCUT2D eigenvalue weighted by molar-refractivity contribution is -0.136. The van der Waals surface area contributed by atoms with Crippen molar-refractivity contribution in [1.82, 2.24) is 9.97 Å². The molecule has 31 heavy (non-hydrogen) atoms. The van der Waals surface area contributed by atoms with Crippen LogP contribution in [0.3, 0.4) is 0 Å². The fourth-order valence-electron chi connectivity index (χ4n) is 3.15. The number of thiophene rings is 1. The molecule has 0 saturated carbocycles. The molecule has 2 heterocycles. The molecule has 3 rings (SSSR count). The van der Waals surface area contributed by atoms with E-state index in [0.29, 0.717) is 5.82 Å². The zero-order valence-corrected chi connectivity index (χ0v) is 19.5. The lowest BCUT2D eigenvalue weighted by atomic mass is 9.96. The standard InChI is InChI=1S/C25H29N3O2S/c1-6-20-16(2)26-24(21-13-18(15-31-21)11-12-25(3,4)5)28-23(20)27-19-9-7-17(8-10-19)14-22(29)30/h7-13,15H,6,14H2,1-5H3,(H,29,30)(H,26,27,28)/b12-11+. The Morgan fingerprint density at radius 1 is 1.19 bits per heavy atom. The molecule has 2 aromatic heterocycles. The lowest BCUT2D eigenvalue weighted by Gasteiger charge is -2.14. The van der Waals surface area contributed by atoms with Gasteiger partial charge in [0, 0.05) is 16.9 Å². The smallest absolute Gasteiger partial charge is 0.307 e. The van der Waals surface area contributed by atoms with E-state index >= 15 is 0 Å². The fourth-order valence-corrected chi connectivity index (χ4v) is 3.96. The highest BCUT2D eigenvalue weighted by Gasteiger charge is 2.14. The van der Waals surface area contributed by atoms with Crippen LogP contribution in [0.2, 0.25) is 0 Å². The normalized spacial score (nSPS) is 11.8. The van der Waals surface area contributed by atoms with E-state index in [0.717, 1.165) is 45.2 Å². The maximum absolute atomic E-state index is 10.9. The SMILES string of the molecule is CCc1c(C)nc(-c2cc(/C=C/C(C)(C)C)cs2)nc1Nc1ccc(CC(=O)O)cc1. The van der Waals surface area contributed by atoms with Gasteiger partial charge < -0.3 is 10.4 Å². The highest BCUT2D eigenvalue weighted by Crippen LogP contribution is 2.30. The maximum atomic E-state index is 10.9. The predicted octanol–water partition coefficient (Wildman–Crippen LogP) is 6.51. The number of nitrogens with zero attached hydrogens (tertiary/aromatic N) is 2. The molecule has 3 aromatic rings. The van der Waals surface area contributed by atoms with Gasteiger partial charge in [-0.2, -0.15) is 0 Å². The summed E-state index contributed by atoms with van der Waals surface area (Å²) in [5.74, 6) is 0.661. The molecule has 0 radical (unpaired) electrons. The molecule has 0 bridgehead atoms. The molecule has 5 nitrogen and oxygen atoms in total. The van der Waals surface area contributed by atoms with E-state index in [1.807, 2.05) is 31.2 Å². The quantitative estimate of drug-likeness (QED) is 0.443. The lowest BCUT2D eigenvalue weighted by Crippen LogP contribution is -2.05. The molecule has 0 aliphatic heterocycles. The summed E-state index contributed by atoms with van der Waals surface area (Å²) in [6.07, 6.45) is 5.18. The Morgan fingerprint density at radius 2 is 1.90 bits per heavy atom. The average molecular weight is 436 g/mol. The largest absolute Gasteiger partial charge is 0.481 e. The number of aryl methyl sites for hydroxylation is 1. The van der Waals surface area contributed by atoms with Crippen molar-refractivity contribution in [3.8, 4) is 10.7 Å². The van der Waals surface area contributed by atoms with Gasteiger partial charge in [-0.15, -0.1) is 11.3 Å². The van der Waals surface area contributed by atoms with Crippen molar-refractivity contribution >= 4 is 34.9 Å². The van der Waals surface area contributed by atoms with Gasteiger partial charge in [0.1, 0.15) is 5.82 Å². The molecule has 0 aliphatic rings. The van der Waals surface area contributed by atoms with Gasteiger partial charge in [0.25, 0.3) is 0 Å². The van der Waals surface area contributed by atoms with Crippen LogP contribution in [0.4, 0.5) is 11.5 Å². The highest BCUT2D eigenvalue weighted by atomic mass is 32.1. The number of rotatable bonds is 7. The minimum Gasteiger partial charge on any atom is -0.481 e. The molecule has 6 heteroatoms. The van der Waals surface area contributed by atoms with E-state index in [2.05, 4.69) is 56.6 Å².